The van der Waals surface area contributed by atoms with Crippen LogP contribution in [-0.2, 0) is 26.7 Å². The van der Waals surface area contributed by atoms with Crippen LogP contribution in [0.3, 0.4) is 0 Å². The minimum absolute atomic E-state index is 0.0977. The second-order valence-electron chi connectivity index (χ2n) is 7.12. The highest BCUT2D eigenvalue weighted by atomic mass is 32.1. The van der Waals surface area contributed by atoms with E-state index in [-0.39, 0.29) is 12.1 Å². The molecule has 0 radical (unpaired) electrons. The maximum atomic E-state index is 13.0. The lowest BCUT2D eigenvalue weighted by atomic mass is 10.3. The molecule has 1 N–H and O–H groups in total. The van der Waals surface area contributed by atoms with Gasteiger partial charge in [0.2, 0.25) is 0 Å². The maximum Gasteiger partial charge on any atom is 0.330 e. The van der Waals surface area contributed by atoms with Gasteiger partial charge in [-0.1, -0.05) is 30.8 Å². The molecule has 0 unspecified atom stereocenters. The first-order valence-corrected chi connectivity index (χ1v) is 11.0. The van der Waals surface area contributed by atoms with Crippen LogP contribution < -0.4 is 16.8 Å². The second-order valence-corrected chi connectivity index (χ2v) is 8.77. The lowest BCUT2D eigenvalue weighted by molar-refractivity contribution is 0.612. The summed E-state index contributed by atoms with van der Waals surface area (Å²) in [5.41, 5.74) is -0.108. The molecule has 0 saturated heterocycles. The molecule has 4 aromatic rings. The average molecular weight is 460 g/mol. The Morgan fingerprint density at radius 1 is 1.26 bits per heavy atom. The van der Waals surface area contributed by atoms with E-state index in [9.17, 15) is 14.4 Å². The molecule has 0 aliphatic rings. The van der Waals surface area contributed by atoms with Crippen LogP contribution in [0.4, 0.5) is 0 Å². The van der Waals surface area contributed by atoms with E-state index in [1.807, 2.05) is 6.92 Å². The second kappa shape index (κ2) is 8.19. The van der Waals surface area contributed by atoms with Gasteiger partial charge in [0.1, 0.15) is 16.9 Å². The molecular weight excluding hydrogens is 438 g/mol. The molecule has 0 saturated carbocycles. The monoisotopic (exact) mass is 459 g/mol. The highest BCUT2D eigenvalue weighted by Gasteiger charge is 2.18. The Morgan fingerprint density at radius 2 is 2.03 bits per heavy atom. The summed E-state index contributed by atoms with van der Waals surface area (Å²) in [6.45, 7) is 6.75. The topological polar surface area (TPSA) is 113 Å². The summed E-state index contributed by atoms with van der Waals surface area (Å²) in [5, 5.41) is 0. The number of H-pyrrole nitrogens is 1. The molecule has 162 valence electrons. The molecule has 0 atom stereocenters. The highest BCUT2D eigenvalue weighted by Crippen LogP contribution is 2.18. The summed E-state index contributed by atoms with van der Waals surface area (Å²) >= 11 is 6.55. The van der Waals surface area contributed by atoms with Gasteiger partial charge in [-0.3, -0.25) is 23.7 Å². The molecule has 4 rings (SSSR count). The Bertz CT molecular complexity index is 1550. The van der Waals surface area contributed by atoms with Crippen molar-refractivity contribution in [3.8, 4) is 0 Å². The van der Waals surface area contributed by atoms with Crippen molar-refractivity contribution in [3.05, 3.63) is 60.0 Å². The van der Waals surface area contributed by atoms with E-state index < -0.39 is 11.2 Å². The van der Waals surface area contributed by atoms with Gasteiger partial charge in [0.15, 0.2) is 20.8 Å². The van der Waals surface area contributed by atoms with Crippen LogP contribution in [0, 0.1) is 3.95 Å². The number of aromatic nitrogens is 7. The lowest BCUT2D eigenvalue weighted by Gasteiger charge is -2.06. The van der Waals surface area contributed by atoms with Crippen molar-refractivity contribution in [2.75, 3.05) is 0 Å². The minimum atomic E-state index is -0.505. The van der Waals surface area contributed by atoms with Crippen LogP contribution in [0.5, 0.6) is 0 Å². The first kappa shape index (κ1) is 21.1. The number of hydrogen-bond donors (Lipinski definition) is 1. The molecule has 12 heteroatoms. The maximum absolute atomic E-state index is 13.0. The van der Waals surface area contributed by atoms with Crippen LogP contribution in [0.15, 0.2) is 33.4 Å². The predicted molar refractivity (Wildman–Crippen MR) is 123 cm³/mol. The predicted octanol–water partition coefficient (Wildman–Crippen LogP) is 1.76. The van der Waals surface area contributed by atoms with E-state index in [1.54, 1.807) is 22.3 Å². The van der Waals surface area contributed by atoms with Crippen LogP contribution >= 0.6 is 23.6 Å². The van der Waals surface area contributed by atoms with Crippen molar-refractivity contribution in [2.45, 2.75) is 39.4 Å². The summed E-state index contributed by atoms with van der Waals surface area (Å²) in [4.78, 5) is 49.1. The molecule has 0 fully saturated rings. The van der Waals surface area contributed by atoms with Crippen LogP contribution in [-0.4, -0.2) is 33.2 Å². The van der Waals surface area contributed by atoms with Crippen molar-refractivity contribution >= 4 is 45.1 Å². The van der Waals surface area contributed by atoms with Crippen LogP contribution in [0.2, 0.25) is 0 Å². The molecule has 0 amide bonds. The fraction of sp³-hybridized carbons (Fsp3) is 0.368. The van der Waals surface area contributed by atoms with Gasteiger partial charge in [-0.2, -0.15) is 0 Å². The third-order valence-electron chi connectivity index (χ3n) is 5.11. The number of allylic oxidation sites excluding steroid dienone is 1. The number of nitrogens with one attached hydrogen (secondary N) is 1. The smallest absolute Gasteiger partial charge is 0.324 e. The number of aromatic amines is 1. The highest BCUT2D eigenvalue weighted by molar-refractivity contribution is 7.73. The van der Waals surface area contributed by atoms with Gasteiger partial charge in [0.25, 0.3) is 11.1 Å². The number of hydrogen-bond acceptors (Lipinski definition) is 7. The minimum Gasteiger partial charge on any atom is -0.324 e. The Labute approximate surface area is 184 Å². The zero-order valence-electron chi connectivity index (χ0n) is 17.1. The van der Waals surface area contributed by atoms with Crippen molar-refractivity contribution in [1.29, 1.82) is 0 Å². The van der Waals surface area contributed by atoms with E-state index in [0.29, 0.717) is 44.4 Å². The molecule has 4 aromatic heterocycles. The van der Waals surface area contributed by atoms with Gasteiger partial charge in [-0.05, 0) is 18.6 Å². The zero-order valence-corrected chi connectivity index (χ0v) is 18.8. The average Bonchev–Trinajstić information content (AvgIpc) is 3.22. The summed E-state index contributed by atoms with van der Waals surface area (Å²) in [6.07, 6.45) is 4.81. The number of aryl methyl sites for hydroxylation is 2. The van der Waals surface area contributed by atoms with Gasteiger partial charge in [-0.15, -0.1) is 6.58 Å². The standard InChI is InChI=1S/C19H21N7O3S2/c1-4-6-8-25-14-12(16(27)22-18(25)29)23(3)11(21-14)9-24-10-20-15-13(17(24)28)31-19(30)26(15)7-5-2/h5,10H,2,4,6-9H2,1,3H3,(H,22,27,29). The van der Waals surface area contributed by atoms with Crippen molar-refractivity contribution < 1.29 is 0 Å². The summed E-state index contributed by atoms with van der Waals surface area (Å²) in [5.74, 6) is 0.466. The molecule has 31 heavy (non-hydrogen) atoms. The molecule has 0 aliphatic heterocycles. The molecule has 0 aromatic carbocycles. The Morgan fingerprint density at radius 3 is 2.74 bits per heavy atom. The molecule has 4 heterocycles. The van der Waals surface area contributed by atoms with Gasteiger partial charge in [-0.25, -0.2) is 14.8 Å². The number of imidazole rings is 1. The number of unbranched alkanes of at least 4 members (excludes halogenated alkanes) is 1. The van der Waals surface area contributed by atoms with E-state index in [4.69, 9.17) is 12.2 Å². The van der Waals surface area contributed by atoms with E-state index in [2.05, 4.69) is 21.5 Å². The van der Waals surface area contributed by atoms with Gasteiger partial charge in [0.05, 0.1) is 6.54 Å². The van der Waals surface area contributed by atoms with E-state index in [1.165, 1.54) is 26.8 Å². The van der Waals surface area contributed by atoms with Crippen molar-refractivity contribution in [3.63, 3.8) is 0 Å². The lowest BCUT2D eigenvalue weighted by Crippen LogP contribution is -2.31. The summed E-state index contributed by atoms with van der Waals surface area (Å²) < 4.78 is 7.26. The molecule has 0 spiro atoms. The Hall–Kier alpha value is -3.12. The molecule has 10 nitrogen and oxygen atoms in total. The fourth-order valence-electron chi connectivity index (χ4n) is 3.48. The summed E-state index contributed by atoms with van der Waals surface area (Å²) in [7, 11) is 1.69. The molecular formula is C19H21N7O3S2. The first-order chi connectivity index (χ1) is 14.9. The van der Waals surface area contributed by atoms with Crippen LogP contribution in [0.25, 0.3) is 21.5 Å². The zero-order chi connectivity index (χ0) is 22.3. The van der Waals surface area contributed by atoms with Gasteiger partial charge >= 0.3 is 5.69 Å². The van der Waals surface area contributed by atoms with Crippen LogP contribution in [0.1, 0.15) is 25.6 Å². The summed E-state index contributed by atoms with van der Waals surface area (Å²) in [6, 6.07) is 0. The van der Waals surface area contributed by atoms with Crippen molar-refractivity contribution in [1.82, 2.24) is 33.2 Å². The Kier molecular flexibility index (Phi) is 5.58. The fourth-order valence-corrected chi connectivity index (χ4v) is 4.80. The molecule has 0 aliphatic carbocycles. The third kappa shape index (κ3) is 3.51. The van der Waals surface area contributed by atoms with Gasteiger partial charge < -0.3 is 9.13 Å². The van der Waals surface area contributed by atoms with Gasteiger partial charge in [0, 0.05) is 20.1 Å². The van der Waals surface area contributed by atoms with E-state index in [0.717, 1.165) is 12.8 Å². The largest absolute Gasteiger partial charge is 0.330 e. The molecule has 0 bridgehead atoms. The number of nitrogens with zero attached hydrogens (tertiary/aromatic N) is 6. The normalized spacial score (nSPS) is 11.5. The number of thiazole rings is 1. The Balaban J connectivity index is 1.85. The van der Waals surface area contributed by atoms with Crippen molar-refractivity contribution in [2.24, 2.45) is 7.05 Å². The third-order valence-corrected chi connectivity index (χ3v) is 6.53. The first-order valence-electron chi connectivity index (χ1n) is 9.75. The number of rotatable bonds is 7. The quantitative estimate of drug-likeness (QED) is 0.333. The number of fused-ring (bicyclic) bond motifs is 2. The van der Waals surface area contributed by atoms with E-state index >= 15 is 0 Å². The SMILES string of the molecule is C=CCn1c(=S)sc2c(=O)n(Cc3nc4c(c(=O)[nH]c(=O)n4CCCC)n3C)cnc21.